The van der Waals surface area contributed by atoms with E-state index in [-0.39, 0.29) is 11.5 Å². The van der Waals surface area contributed by atoms with Crippen LogP contribution in [0.25, 0.3) is 98.4 Å². The molecule has 3 nitrogen and oxygen atoms in total. The van der Waals surface area contributed by atoms with Crippen LogP contribution in [-0.4, -0.2) is 10.2 Å². The van der Waals surface area contributed by atoms with Gasteiger partial charge < -0.3 is 14.6 Å². The van der Waals surface area contributed by atoms with E-state index in [0.717, 1.165) is 82.1 Å². The van der Waals surface area contributed by atoms with E-state index in [1.165, 1.54) is 5.56 Å². The highest BCUT2D eigenvalue weighted by Gasteiger charge is 2.21. The minimum Gasteiger partial charge on any atom is -0.504 e. The van der Waals surface area contributed by atoms with Gasteiger partial charge in [-0.3, -0.25) is 0 Å². The molecule has 0 spiro atoms. The summed E-state index contributed by atoms with van der Waals surface area (Å²) in [5.74, 6) is -0.132. The number of phenolic OH excluding ortho intramolecular Hbond substituents is 2. The predicted molar refractivity (Wildman–Crippen MR) is 195 cm³/mol. The van der Waals surface area contributed by atoms with Gasteiger partial charge in [-0.25, -0.2) is 0 Å². The van der Waals surface area contributed by atoms with Crippen molar-refractivity contribution in [1.29, 1.82) is 0 Å². The molecular weight excluding hydrogens is 576 g/mol. The molecule has 2 N–H and O–H groups in total. The zero-order valence-electron chi connectivity index (χ0n) is 25.2. The molecule has 47 heavy (non-hydrogen) atoms. The molecule has 0 amide bonds. The van der Waals surface area contributed by atoms with E-state index in [0.29, 0.717) is 10.8 Å². The van der Waals surface area contributed by atoms with Gasteiger partial charge in [0.25, 0.3) is 0 Å². The third-order valence-electron chi connectivity index (χ3n) is 9.82. The summed E-state index contributed by atoms with van der Waals surface area (Å²) in [4.78, 5) is 0. The number of hydrogen-bond acceptors (Lipinski definition) is 3. The molecule has 10 aromatic carbocycles. The predicted octanol–water partition coefficient (Wildman–Crippen LogP) is 12.0. The van der Waals surface area contributed by atoms with Gasteiger partial charge in [0.05, 0.1) is 0 Å². The number of furan rings is 1. The lowest BCUT2D eigenvalue weighted by molar-refractivity contribution is 0.411. The van der Waals surface area contributed by atoms with E-state index >= 15 is 0 Å². The smallest absolute Gasteiger partial charge is 0.166 e. The van der Waals surface area contributed by atoms with Crippen molar-refractivity contribution in [3.63, 3.8) is 0 Å². The summed E-state index contributed by atoms with van der Waals surface area (Å²) in [6, 6.07) is 50.7. The summed E-state index contributed by atoms with van der Waals surface area (Å²) in [5.41, 5.74) is 8.32. The van der Waals surface area contributed by atoms with Crippen molar-refractivity contribution in [2.45, 2.75) is 0 Å². The van der Waals surface area contributed by atoms with Crippen molar-refractivity contribution in [1.82, 2.24) is 0 Å². The second-order valence-electron chi connectivity index (χ2n) is 12.4. The number of fused-ring (bicyclic) bond motifs is 9. The second-order valence-corrected chi connectivity index (χ2v) is 12.4. The van der Waals surface area contributed by atoms with Crippen LogP contribution in [0.4, 0.5) is 0 Å². The molecule has 0 aliphatic carbocycles. The Balaban J connectivity index is 1.17. The molecule has 0 aliphatic heterocycles. The zero-order chi connectivity index (χ0) is 31.2. The molecule has 2 bridgehead atoms. The van der Waals surface area contributed by atoms with Crippen LogP contribution >= 0.6 is 0 Å². The lowest BCUT2D eigenvalue weighted by Gasteiger charge is -2.20. The van der Waals surface area contributed by atoms with Crippen LogP contribution in [0.3, 0.4) is 0 Å². The van der Waals surface area contributed by atoms with Gasteiger partial charge in [0.15, 0.2) is 11.5 Å². The first-order chi connectivity index (χ1) is 23.1. The largest absolute Gasteiger partial charge is 0.504 e. The lowest BCUT2D eigenvalue weighted by atomic mass is 9.84. The van der Waals surface area contributed by atoms with Crippen molar-refractivity contribution >= 4 is 65.0 Å². The fourth-order valence-corrected chi connectivity index (χ4v) is 7.64. The van der Waals surface area contributed by atoms with E-state index in [2.05, 4.69) is 115 Å². The summed E-state index contributed by atoms with van der Waals surface area (Å²) < 4.78 is 6.35. The molecule has 1 heterocycles. The maximum absolute atomic E-state index is 10.8. The van der Waals surface area contributed by atoms with E-state index < -0.39 is 0 Å². The van der Waals surface area contributed by atoms with E-state index in [1.54, 1.807) is 0 Å². The first-order valence-corrected chi connectivity index (χ1v) is 15.8. The average molecular weight is 603 g/mol. The number of aromatic hydroxyl groups is 2. The molecule has 0 aliphatic rings. The van der Waals surface area contributed by atoms with Crippen molar-refractivity contribution < 1.29 is 14.6 Å². The number of para-hydroxylation sites is 2. The third kappa shape index (κ3) is 3.68. The molecule has 220 valence electrons. The highest BCUT2D eigenvalue weighted by atomic mass is 16.3. The number of hydrogen-bond donors (Lipinski definition) is 2. The Morgan fingerprint density at radius 1 is 0.362 bits per heavy atom. The van der Waals surface area contributed by atoms with Gasteiger partial charge in [0.2, 0.25) is 0 Å². The second kappa shape index (κ2) is 9.59. The van der Waals surface area contributed by atoms with Crippen LogP contribution in [0.15, 0.2) is 150 Å². The van der Waals surface area contributed by atoms with Crippen LogP contribution in [0, 0.1) is 0 Å². The maximum atomic E-state index is 10.8. The molecule has 0 saturated heterocycles. The van der Waals surface area contributed by atoms with Gasteiger partial charge in [0.1, 0.15) is 11.2 Å². The molecule has 11 aromatic rings. The normalized spacial score (nSPS) is 12.0. The summed E-state index contributed by atoms with van der Waals surface area (Å²) in [5, 5.41) is 31.6. The summed E-state index contributed by atoms with van der Waals surface area (Å²) in [6.45, 7) is 0. The Labute approximate surface area is 269 Å². The Hall–Kier alpha value is -6.32. The average Bonchev–Trinajstić information content (AvgIpc) is 3.51. The van der Waals surface area contributed by atoms with Gasteiger partial charge in [-0.2, -0.15) is 0 Å². The fraction of sp³-hybridized carbons (Fsp3) is 0. The Kier molecular flexibility index (Phi) is 5.30. The zero-order valence-corrected chi connectivity index (χ0v) is 25.2. The van der Waals surface area contributed by atoms with Crippen molar-refractivity contribution in [2.75, 3.05) is 0 Å². The van der Waals surface area contributed by atoms with Gasteiger partial charge in [0, 0.05) is 27.1 Å². The van der Waals surface area contributed by atoms with Crippen LogP contribution in [-0.2, 0) is 0 Å². The number of benzene rings is 10. The summed E-state index contributed by atoms with van der Waals surface area (Å²) in [7, 11) is 0. The first kappa shape index (κ1) is 26.0. The SMILES string of the molecule is Oc1c(O)c2ccc1cc2-c1c2ccccc2c(-c2ccc3cc(-c4cccc5c4oc4ccccc45)ccc3c2)c2ccccc12. The molecule has 3 heteroatoms. The monoisotopic (exact) mass is 602 g/mol. The summed E-state index contributed by atoms with van der Waals surface area (Å²) >= 11 is 0. The quantitative estimate of drug-likeness (QED) is 0.156. The van der Waals surface area contributed by atoms with Gasteiger partial charge in [-0.1, -0.05) is 115 Å². The molecule has 11 rings (SSSR count). The van der Waals surface area contributed by atoms with E-state index in [9.17, 15) is 10.2 Å². The Bertz CT molecular complexity index is 2820. The molecular formula is C44H26O3. The van der Waals surface area contributed by atoms with Crippen molar-refractivity contribution in [3.05, 3.63) is 146 Å². The minimum atomic E-state index is -0.0669. The molecule has 0 unspecified atom stereocenters. The van der Waals surface area contributed by atoms with Crippen LogP contribution in [0.2, 0.25) is 0 Å². The standard InChI is InChI=1S/C44H26O3/c45-42-29-20-21-36(43(42)46)38(24-29)41-34-11-3-1-9-32(34)40(33-10-2-4-12-35(33)41)28-19-17-25-22-27(18-16-26(25)23-28)30-13-7-14-37-31-8-5-6-15-39(31)47-44(30)37/h1-24,45-46H. The number of phenols is 4. The van der Waals surface area contributed by atoms with E-state index in [4.69, 9.17) is 4.42 Å². The molecule has 0 saturated carbocycles. The first-order valence-electron chi connectivity index (χ1n) is 15.8. The highest BCUT2D eigenvalue weighted by molar-refractivity contribution is 6.24. The van der Waals surface area contributed by atoms with Crippen LogP contribution in [0.5, 0.6) is 11.5 Å². The minimum absolute atomic E-state index is 0.0647. The van der Waals surface area contributed by atoms with Crippen LogP contribution < -0.4 is 0 Å². The molecule has 1 aromatic heterocycles. The van der Waals surface area contributed by atoms with Crippen LogP contribution in [0.1, 0.15) is 0 Å². The van der Waals surface area contributed by atoms with Gasteiger partial charge in [-0.05, 0) is 90.5 Å². The lowest BCUT2D eigenvalue weighted by Crippen LogP contribution is -1.92. The third-order valence-corrected chi connectivity index (χ3v) is 9.82. The van der Waals surface area contributed by atoms with Crippen molar-refractivity contribution in [3.8, 4) is 44.9 Å². The molecule has 0 atom stereocenters. The Morgan fingerprint density at radius 3 is 1.64 bits per heavy atom. The fourth-order valence-electron chi connectivity index (χ4n) is 7.64. The maximum Gasteiger partial charge on any atom is 0.166 e. The van der Waals surface area contributed by atoms with Crippen molar-refractivity contribution in [2.24, 2.45) is 0 Å². The van der Waals surface area contributed by atoms with E-state index in [1.807, 2.05) is 30.3 Å². The molecule has 0 fully saturated rings. The summed E-state index contributed by atoms with van der Waals surface area (Å²) in [6.07, 6.45) is 0. The van der Waals surface area contributed by atoms with Gasteiger partial charge >= 0.3 is 0 Å². The Morgan fingerprint density at radius 2 is 0.936 bits per heavy atom. The van der Waals surface area contributed by atoms with Gasteiger partial charge in [-0.15, -0.1) is 0 Å². The highest BCUT2D eigenvalue weighted by Crippen LogP contribution is 2.49. The topological polar surface area (TPSA) is 53.6 Å². The molecule has 0 radical (unpaired) electrons. The number of rotatable bonds is 3.